The lowest BCUT2D eigenvalue weighted by molar-refractivity contribution is -0.119. The van der Waals surface area contributed by atoms with Crippen molar-refractivity contribution in [1.82, 2.24) is 5.32 Å². The number of halogens is 1. The van der Waals surface area contributed by atoms with Gasteiger partial charge in [-0.3, -0.25) is 4.79 Å². The molecule has 1 amide bonds. The lowest BCUT2D eigenvalue weighted by atomic mass is 10.1. The Labute approximate surface area is 171 Å². The van der Waals surface area contributed by atoms with Crippen LogP contribution in [0, 0.1) is 0 Å². The van der Waals surface area contributed by atoms with E-state index in [2.05, 4.69) is 29.7 Å². The molecule has 0 aliphatic heterocycles. The summed E-state index contributed by atoms with van der Waals surface area (Å²) in [7, 11) is 0. The van der Waals surface area contributed by atoms with Crippen LogP contribution < -0.4 is 15.4 Å². The molecule has 0 aromatic heterocycles. The van der Waals surface area contributed by atoms with Crippen LogP contribution in [0.1, 0.15) is 38.2 Å². The van der Waals surface area contributed by atoms with E-state index in [-0.39, 0.29) is 5.91 Å². The van der Waals surface area contributed by atoms with Gasteiger partial charge in [-0.2, -0.15) is 0 Å². The first-order chi connectivity index (χ1) is 13.1. The highest BCUT2D eigenvalue weighted by Crippen LogP contribution is 2.15. The maximum atomic E-state index is 12.0. The van der Waals surface area contributed by atoms with Gasteiger partial charge < -0.3 is 15.4 Å². The molecule has 27 heavy (non-hydrogen) atoms. The van der Waals surface area contributed by atoms with Crippen LogP contribution in [0.3, 0.4) is 0 Å². The lowest BCUT2D eigenvalue weighted by Crippen LogP contribution is -2.34. The van der Waals surface area contributed by atoms with Gasteiger partial charge in [0.15, 0.2) is 5.11 Å². The molecule has 0 spiro atoms. The molecule has 0 aliphatic carbocycles. The number of nitrogens with one attached hydrogen (secondary N) is 2. The van der Waals surface area contributed by atoms with Crippen LogP contribution in [-0.2, 0) is 11.2 Å². The molecular formula is C21H25ClN2O2S. The normalized spacial score (nSPS) is 10.3. The van der Waals surface area contributed by atoms with E-state index < -0.39 is 0 Å². The zero-order valence-electron chi connectivity index (χ0n) is 15.5. The maximum Gasteiger partial charge on any atom is 0.226 e. The highest BCUT2D eigenvalue weighted by atomic mass is 35.5. The molecule has 0 unspecified atom stereocenters. The monoisotopic (exact) mass is 404 g/mol. The molecule has 0 atom stereocenters. The van der Waals surface area contributed by atoms with E-state index in [1.54, 1.807) is 24.3 Å². The summed E-state index contributed by atoms with van der Waals surface area (Å²) >= 11 is 11.0. The Bertz CT molecular complexity index is 733. The number of benzene rings is 2. The molecule has 0 saturated carbocycles. The van der Waals surface area contributed by atoms with Gasteiger partial charge in [-0.1, -0.05) is 37.1 Å². The van der Waals surface area contributed by atoms with Gasteiger partial charge in [0.05, 0.1) is 6.61 Å². The first-order valence-electron chi connectivity index (χ1n) is 9.15. The minimum atomic E-state index is -0.133. The number of hydrogen-bond acceptors (Lipinski definition) is 3. The smallest absolute Gasteiger partial charge is 0.226 e. The lowest BCUT2D eigenvalue weighted by Gasteiger charge is -2.10. The molecule has 0 fully saturated rings. The Balaban J connectivity index is 1.64. The molecule has 144 valence electrons. The van der Waals surface area contributed by atoms with Crippen molar-refractivity contribution >= 4 is 40.5 Å². The molecule has 6 heteroatoms. The quantitative estimate of drug-likeness (QED) is 0.436. The number of carbonyl (C=O) groups is 1. The molecule has 2 N–H and O–H groups in total. The van der Waals surface area contributed by atoms with Crippen LogP contribution in [0.25, 0.3) is 0 Å². The summed E-state index contributed by atoms with van der Waals surface area (Å²) in [5, 5.41) is 6.70. The molecule has 0 heterocycles. The van der Waals surface area contributed by atoms with E-state index in [4.69, 9.17) is 28.6 Å². The summed E-state index contributed by atoms with van der Waals surface area (Å²) in [6.45, 7) is 2.63. The molecule has 0 saturated heterocycles. The van der Waals surface area contributed by atoms with E-state index in [1.165, 1.54) is 18.4 Å². The second-order valence-electron chi connectivity index (χ2n) is 6.21. The Morgan fingerprint density at radius 3 is 2.44 bits per heavy atom. The van der Waals surface area contributed by atoms with Crippen molar-refractivity contribution in [3.05, 3.63) is 59.1 Å². The van der Waals surface area contributed by atoms with Gasteiger partial charge in [0, 0.05) is 17.1 Å². The van der Waals surface area contributed by atoms with Crippen molar-refractivity contribution in [2.45, 2.75) is 39.0 Å². The Hall–Kier alpha value is -2.11. The third-order valence-corrected chi connectivity index (χ3v) is 4.37. The van der Waals surface area contributed by atoms with Crippen molar-refractivity contribution in [2.75, 3.05) is 11.9 Å². The molecule has 2 aromatic carbocycles. The summed E-state index contributed by atoms with van der Waals surface area (Å²) in [5.41, 5.74) is 2.17. The largest absolute Gasteiger partial charge is 0.494 e. The Morgan fingerprint density at radius 1 is 1.07 bits per heavy atom. The number of thiocarbonyl (C=S) groups is 1. The Morgan fingerprint density at radius 2 is 1.78 bits per heavy atom. The number of carbonyl (C=O) groups excluding carboxylic acids is 1. The molecule has 2 rings (SSSR count). The first-order valence-corrected chi connectivity index (χ1v) is 9.93. The molecule has 2 aromatic rings. The van der Waals surface area contributed by atoms with E-state index in [0.29, 0.717) is 29.6 Å². The minimum Gasteiger partial charge on any atom is -0.494 e. The van der Waals surface area contributed by atoms with Crippen LogP contribution in [0.15, 0.2) is 48.5 Å². The van der Waals surface area contributed by atoms with Crippen LogP contribution in [-0.4, -0.2) is 17.6 Å². The van der Waals surface area contributed by atoms with Gasteiger partial charge in [-0.25, -0.2) is 0 Å². The fraction of sp³-hybridized carbons (Fsp3) is 0.333. The summed E-state index contributed by atoms with van der Waals surface area (Å²) < 4.78 is 5.56. The summed E-state index contributed by atoms with van der Waals surface area (Å²) in [6.07, 6.45) is 4.38. The van der Waals surface area contributed by atoms with Crippen molar-refractivity contribution in [2.24, 2.45) is 0 Å². The third kappa shape index (κ3) is 8.41. The van der Waals surface area contributed by atoms with Gasteiger partial charge in [0.2, 0.25) is 5.91 Å². The van der Waals surface area contributed by atoms with E-state index in [0.717, 1.165) is 17.9 Å². The van der Waals surface area contributed by atoms with Crippen LogP contribution in [0.4, 0.5) is 5.69 Å². The highest BCUT2D eigenvalue weighted by molar-refractivity contribution is 7.80. The number of anilines is 1. The minimum absolute atomic E-state index is 0.133. The van der Waals surface area contributed by atoms with Gasteiger partial charge in [-0.05, 0) is 73.4 Å². The van der Waals surface area contributed by atoms with Crippen molar-refractivity contribution in [1.29, 1.82) is 0 Å². The molecule has 4 nitrogen and oxygen atoms in total. The fourth-order valence-electron chi connectivity index (χ4n) is 2.44. The van der Waals surface area contributed by atoms with E-state index >= 15 is 0 Å². The zero-order chi connectivity index (χ0) is 19.5. The SMILES string of the molecule is CCCCc1ccc(NC(=S)NC(=O)CCCOc2ccc(Cl)cc2)cc1. The van der Waals surface area contributed by atoms with Crippen LogP contribution in [0.5, 0.6) is 5.75 Å². The van der Waals surface area contributed by atoms with Crippen molar-refractivity contribution in [3.8, 4) is 5.75 Å². The zero-order valence-corrected chi connectivity index (χ0v) is 17.0. The molecular weight excluding hydrogens is 380 g/mol. The number of ether oxygens (including phenoxy) is 1. The number of unbranched alkanes of at least 4 members (excludes halogenated alkanes) is 1. The number of aryl methyl sites for hydroxylation is 1. The van der Waals surface area contributed by atoms with E-state index in [9.17, 15) is 4.79 Å². The average molecular weight is 405 g/mol. The second kappa shape index (κ2) is 11.6. The van der Waals surface area contributed by atoms with Crippen LogP contribution in [0.2, 0.25) is 5.02 Å². The topological polar surface area (TPSA) is 50.4 Å². The van der Waals surface area contributed by atoms with Gasteiger partial charge in [0.25, 0.3) is 0 Å². The molecule has 0 radical (unpaired) electrons. The molecule has 0 aliphatic rings. The summed E-state index contributed by atoms with van der Waals surface area (Å²) in [4.78, 5) is 12.0. The molecule has 0 bridgehead atoms. The Kier molecular flexibility index (Phi) is 9.08. The number of rotatable bonds is 9. The van der Waals surface area contributed by atoms with Gasteiger partial charge in [0.1, 0.15) is 5.75 Å². The van der Waals surface area contributed by atoms with E-state index in [1.807, 2.05) is 12.1 Å². The third-order valence-electron chi connectivity index (χ3n) is 3.91. The van der Waals surface area contributed by atoms with Crippen molar-refractivity contribution < 1.29 is 9.53 Å². The predicted molar refractivity (Wildman–Crippen MR) is 116 cm³/mol. The predicted octanol–water partition coefficient (Wildman–Crippen LogP) is 5.35. The standard InChI is InChI=1S/C21H25ClN2O2S/c1-2-3-5-16-7-11-18(12-8-16)23-21(27)24-20(25)6-4-15-26-19-13-9-17(22)10-14-19/h7-14H,2-6,15H2,1H3,(H2,23,24,25,27). The first kappa shape index (κ1) is 21.2. The average Bonchev–Trinajstić information content (AvgIpc) is 2.66. The van der Waals surface area contributed by atoms with Crippen molar-refractivity contribution in [3.63, 3.8) is 0 Å². The van der Waals surface area contributed by atoms with Crippen LogP contribution >= 0.6 is 23.8 Å². The summed E-state index contributed by atoms with van der Waals surface area (Å²) in [5.74, 6) is 0.603. The summed E-state index contributed by atoms with van der Waals surface area (Å²) in [6, 6.07) is 15.2. The number of hydrogen-bond donors (Lipinski definition) is 2. The van der Waals surface area contributed by atoms with Gasteiger partial charge >= 0.3 is 0 Å². The fourth-order valence-corrected chi connectivity index (χ4v) is 2.80. The van der Waals surface area contributed by atoms with Gasteiger partial charge in [-0.15, -0.1) is 0 Å². The second-order valence-corrected chi connectivity index (χ2v) is 7.05. The highest BCUT2D eigenvalue weighted by Gasteiger charge is 2.05. The maximum absolute atomic E-state index is 12.0. The number of amides is 1.